The van der Waals surface area contributed by atoms with Gasteiger partial charge in [-0.1, -0.05) is 13.8 Å². The SMILES string of the molecule is CC(C)CNC(=O)NCC(c1ccco1)N(C)C. The van der Waals surface area contributed by atoms with Gasteiger partial charge in [0, 0.05) is 13.1 Å². The van der Waals surface area contributed by atoms with Gasteiger partial charge in [-0.05, 0) is 32.1 Å². The number of urea groups is 1. The molecule has 0 aliphatic rings. The number of amides is 2. The third-order valence-electron chi connectivity index (χ3n) is 2.62. The number of nitrogens with zero attached hydrogens (tertiary/aromatic N) is 1. The summed E-state index contributed by atoms with van der Waals surface area (Å²) in [6.45, 7) is 5.32. The molecule has 0 aliphatic heterocycles. The van der Waals surface area contributed by atoms with Gasteiger partial charge in [-0.15, -0.1) is 0 Å². The van der Waals surface area contributed by atoms with E-state index in [9.17, 15) is 4.79 Å². The first kappa shape index (κ1) is 14.6. The minimum atomic E-state index is -0.137. The molecule has 1 unspecified atom stereocenters. The molecule has 0 saturated heterocycles. The van der Waals surface area contributed by atoms with Crippen LogP contribution in [0.5, 0.6) is 0 Å². The Bertz CT molecular complexity index is 347. The van der Waals surface area contributed by atoms with Crippen molar-refractivity contribution < 1.29 is 9.21 Å². The largest absolute Gasteiger partial charge is 0.468 e. The number of furan rings is 1. The lowest BCUT2D eigenvalue weighted by Crippen LogP contribution is -2.41. The van der Waals surface area contributed by atoms with Crippen LogP contribution in [-0.4, -0.2) is 38.1 Å². The second kappa shape index (κ2) is 7.06. The Morgan fingerprint density at radius 2 is 2.00 bits per heavy atom. The zero-order valence-corrected chi connectivity index (χ0v) is 11.6. The summed E-state index contributed by atoms with van der Waals surface area (Å²) >= 11 is 0. The Balaban J connectivity index is 2.41. The average molecular weight is 253 g/mol. The summed E-state index contributed by atoms with van der Waals surface area (Å²) in [5.41, 5.74) is 0. The molecule has 2 N–H and O–H groups in total. The number of rotatable bonds is 6. The fraction of sp³-hybridized carbons (Fsp3) is 0.615. The van der Waals surface area contributed by atoms with Gasteiger partial charge in [-0.2, -0.15) is 0 Å². The predicted molar refractivity (Wildman–Crippen MR) is 71.4 cm³/mol. The number of hydrogen-bond acceptors (Lipinski definition) is 3. The Hall–Kier alpha value is -1.49. The van der Waals surface area contributed by atoms with E-state index < -0.39 is 0 Å². The molecule has 1 aromatic heterocycles. The normalized spacial score (nSPS) is 12.8. The van der Waals surface area contributed by atoms with Crippen LogP contribution in [0.4, 0.5) is 4.79 Å². The maximum Gasteiger partial charge on any atom is 0.314 e. The van der Waals surface area contributed by atoms with E-state index in [1.807, 2.05) is 31.1 Å². The van der Waals surface area contributed by atoms with Crippen molar-refractivity contribution in [1.29, 1.82) is 0 Å². The quantitative estimate of drug-likeness (QED) is 0.813. The van der Waals surface area contributed by atoms with Crippen LogP contribution in [-0.2, 0) is 0 Å². The smallest absolute Gasteiger partial charge is 0.314 e. The third kappa shape index (κ3) is 4.79. The van der Waals surface area contributed by atoms with Crippen LogP contribution in [0.25, 0.3) is 0 Å². The van der Waals surface area contributed by atoms with Crippen LogP contribution >= 0.6 is 0 Å². The fourth-order valence-electron chi connectivity index (χ4n) is 1.57. The number of likely N-dealkylation sites (N-methyl/N-ethyl adjacent to an activating group) is 1. The lowest BCUT2D eigenvalue weighted by Gasteiger charge is -2.22. The highest BCUT2D eigenvalue weighted by Gasteiger charge is 2.17. The molecule has 0 bridgehead atoms. The maximum absolute atomic E-state index is 11.6. The van der Waals surface area contributed by atoms with Gasteiger partial charge in [0.15, 0.2) is 0 Å². The molecule has 2 amide bonds. The number of nitrogens with one attached hydrogen (secondary N) is 2. The van der Waals surface area contributed by atoms with Crippen molar-refractivity contribution in [1.82, 2.24) is 15.5 Å². The molecular weight excluding hydrogens is 230 g/mol. The van der Waals surface area contributed by atoms with Crippen LogP contribution in [0, 0.1) is 5.92 Å². The molecule has 1 rings (SSSR count). The van der Waals surface area contributed by atoms with E-state index in [0.717, 1.165) is 5.76 Å². The highest BCUT2D eigenvalue weighted by molar-refractivity contribution is 5.73. The molecule has 5 nitrogen and oxygen atoms in total. The molecule has 102 valence electrons. The first-order chi connectivity index (χ1) is 8.50. The highest BCUT2D eigenvalue weighted by atomic mass is 16.3. The van der Waals surface area contributed by atoms with Crippen molar-refractivity contribution in [3.8, 4) is 0 Å². The number of carbonyl (C=O) groups excluding carboxylic acids is 1. The van der Waals surface area contributed by atoms with Gasteiger partial charge >= 0.3 is 6.03 Å². The third-order valence-corrected chi connectivity index (χ3v) is 2.62. The van der Waals surface area contributed by atoms with E-state index in [-0.39, 0.29) is 12.1 Å². The van der Waals surface area contributed by atoms with Gasteiger partial charge in [0.2, 0.25) is 0 Å². The zero-order chi connectivity index (χ0) is 13.5. The van der Waals surface area contributed by atoms with Crippen molar-refractivity contribution >= 4 is 6.03 Å². The first-order valence-corrected chi connectivity index (χ1v) is 6.22. The lowest BCUT2D eigenvalue weighted by molar-refractivity contribution is 0.224. The van der Waals surface area contributed by atoms with E-state index >= 15 is 0 Å². The molecule has 0 radical (unpaired) electrons. The molecule has 0 spiro atoms. The predicted octanol–water partition coefficient (Wildman–Crippen LogP) is 1.84. The van der Waals surface area contributed by atoms with Gasteiger partial charge in [-0.3, -0.25) is 4.90 Å². The van der Waals surface area contributed by atoms with Gasteiger partial charge in [0.05, 0.1) is 12.3 Å². The van der Waals surface area contributed by atoms with Gasteiger partial charge in [-0.25, -0.2) is 4.79 Å². The summed E-state index contributed by atoms with van der Waals surface area (Å²) in [5, 5.41) is 5.68. The van der Waals surface area contributed by atoms with E-state index in [0.29, 0.717) is 19.0 Å². The molecule has 0 saturated carbocycles. The van der Waals surface area contributed by atoms with E-state index in [1.54, 1.807) is 6.26 Å². The molecule has 0 aliphatic carbocycles. The monoisotopic (exact) mass is 253 g/mol. The van der Waals surface area contributed by atoms with Crippen molar-refractivity contribution in [2.75, 3.05) is 27.2 Å². The van der Waals surface area contributed by atoms with Gasteiger partial charge < -0.3 is 15.1 Å². The molecule has 5 heteroatoms. The van der Waals surface area contributed by atoms with Crippen LogP contribution < -0.4 is 10.6 Å². The molecule has 1 aromatic rings. The Morgan fingerprint density at radius 1 is 1.33 bits per heavy atom. The fourth-order valence-corrected chi connectivity index (χ4v) is 1.57. The van der Waals surface area contributed by atoms with Crippen molar-refractivity contribution in [2.45, 2.75) is 19.9 Å². The van der Waals surface area contributed by atoms with Gasteiger partial charge in [0.25, 0.3) is 0 Å². The molecule has 0 aromatic carbocycles. The highest BCUT2D eigenvalue weighted by Crippen LogP contribution is 2.17. The van der Waals surface area contributed by atoms with Gasteiger partial charge in [0.1, 0.15) is 5.76 Å². The van der Waals surface area contributed by atoms with E-state index in [4.69, 9.17) is 4.42 Å². The summed E-state index contributed by atoms with van der Waals surface area (Å²) in [7, 11) is 3.92. The van der Waals surface area contributed by atoms with Crippen molar-refractivity contribution in [3.63, 3.8) is 0 Å². The van der Waals surface area contributed by atoms with Crippen molar-refractivity contribution in [2.24, 2.45) is 5.92 Å². The Labute approximate surface area is 109 Å². The molecular formula is C13H23N3O2. The summed E-state index contributed by atoms with van der Waals surface area (Å²) in [5.74, 6) is 1.30. The zero-order valence-electron chi connectivity index (χ0n) is 11.6. The second-order valence-electron chi connectivity index (χ2n) is 4.98. The standard InChI is InChI=1S/C13H23N3O2/c1-10(2)8-14-13(17)15-9-11(16(3)4)12-6-5-7-18-12/h5-7,10-11H,8-9H2,1-4H3,(H2,14,15,17). The second-order valence-corrected chi connectivity index (χ2v) is 4.98. The summed E-state index contributed by atoms with van der Waals surface area (Å²) < 4.78 is 5.37. The Kier molecular flexibility index (Phi) is 5.71. The molecule has 0 fully saturated rings. The summed E-state index contributed by atoms with van der Waals surface area (Å²) in [4.78, 5) is 13.6. The van der Waals surface area contributed by atoms with E-state index in [2.05, 4.69) is 24.5 Å². The van der Waals surface area contributed by atoms with Crippen LogP contribution in [0.15, 0.2) is 22.8 Å². The topological polar surface area (TPSA) is 57.5 Å². The lowest BCUT2D eigenvalue weighted by atomic mass is 10.2. The van der Waals surface area contributed by atoms with Crippen LogP contribution in [0.1, 0.15) is 25.6 Å². The first-order valence-electron chi connectivity index (χ1n) is 6.22. The van der Waals surface area contributed by atoms with Crippen LogP contribution in [0.3, 0.4) is 0 Å². The number of carbonyl (C=O) groups is 1. The molecule has 1 heterocycles. The average Bonchev–Trinajstić information content (AvgIpc) is 2.79. The van der Waals surface area contributed by atoms with E-state index in [1.165, 1.54) is 0 Å². The Morgan fingerprint density at radius 3 is 2.50 bits per heavy atom. The maximum atomic E-state index is 11.6. The summed E-state index contributed by atoms with van der Waals surface area (Å²) in [6, 6.07) is 3.68. The minimum Gasteiger partial charge on any atom is -0.468 e. The minimum absolute atomic E-state index is 0.0461. The van der Waals surface area contributed by atoms with Crippen molar-refractivity contribution in [3.05, 3.63) is 24.2 Å². The van der Waals surface area contributed by atoms with Crippen LogP contribution in [0.2, 0.25) is 0 Å². The summed E-state index contributed by atoms with van der Waals surface area (Å²) in [6.07, 6.45) is 1.64. The molecule has 1 atom stereocenters. The number of hydrogen-bond donors (Lipinski definition) is 2. The molecule has 18 heavy (non-hydrogen) atoms.